The summed E-state index contributed by atoms with van der Waals surface area (Å²) in [7, 11) is 0. The van der Waals surface area contributed by atoms with Gasteiger partial charge in [-0.25, -0.2) is 0 Å². The van der Waals surface area contributed by atoms with Gasteiger partial charge >= 0.3 is 0 Å². The molecule has 1 aromatic carbocycles. The molecule has 84 valence electrons. The molecule has 3 nitrogen and oxygen atoms in total. The summed E-state index contributed by atoms with van der Waals surface area (Å²) in [6, 6.07) is 7.60. The Morgan fingerprint density at radius 3 is 2.88 bits per heavy atom. The predicted molar refractivity (Wildman–Crippen MR) is 68.4 cm³/mol. The summed E-state index contributed by atoms with van der Waals surface area (Å²) >= 11 is 3.37. The summed E-state index contributed by atoms with van der Waals surface area (Å²) in [5, 5.41) is 18.0. The topological polar surface area (TPSA) is 47.3 Å². The molecule has 1 rings (SSSR count). The van der Waals surface area contributed by atoms with E-state index in [2.05, 4.69) is 28.6 Å². The zero-order chi connectivity index (χ0) is 12.0. The molecule has 1 N–H and O–H groups in total. The molecule has 0 saturated heterocycles. The summed E-state index contributed by atoms with van der Waals surface area (Å²) in [6.45, 7) is 4.80. The number of halogens is 1. The lowest BCUT2D eigenvalue weighted by atomic mass is 10.1. The number of anilines is 1. The molecule has 0 unspecified atom stereocenters. The van der Waals surface area contributed by atoms with Crippen molar-refractivity contribution < 1.29 is 5.11 Å². The number of aliphatic hydroxyl groups excluding tert-OH is 1. The minimum atomic E-state index is 0.0468. The zero-order valence-electron chi connectivity index (χ0n) is 8.86. The molecule has 0 fully saturated rings. The van der Waals surface area contributed by atoms with Crippen LogP contribution in [0, 0.1) is 11.3 Å². The van der Waals surface area contributed by atoms with E-state index >= 15 is 0 Å². The summed E-state index contributed by atoms with van der Waals surface area (Å²) in [6.07, 6.45) is 1.75. The fourth-order valence-corrected chi connectivity index (χ4v) is 1.80. The molecule has 0 amide bonds. The van der Waals surface area contributed by atoms with Gasteiger partial charge in [0.25, 0.3) is 0 Å². The molecule has 1 aromatic rings. The van der Waals surface area contributed by atoms with Crippen LogP contribution >= 0.6 is 15.9 Å². The Hall–Kier alpha value is -1.31. The van der Waals surface area contributed by atoms with Crippen molar-refractivity contribution in [3.8, 4) is 6.07 Å². The molecule has 0 spiro atoms. The molecule has 0 bridgehead atoms. The quantitative estimate of drug-likeness (QED) is 0.842. The van der Waals surface area contributed by atoms with Crippen molar-refractivity contribution in [1.29, 1.82) is 5.26 Å². The third kappa shape index (κ3) is 3.09. The van der Waals surface area contributed by atoms with Gasteiger partial charge in [-0.15, -0.1) is 6.58 Å². The van der Waals surface area contributed by atoms with E-state index in [0.717, 1.165) is 10.2 Å². The minimum absolute atomic E-state index is 0.0468. The second kappa shape index (κ2) is 6.31. The SMILES string of the molecule is C=CCN(CCO)c1cc(Br)ccc1C#N. The number of benzene rings is 1. The van der Waals surface area contributed by atoms with E-state index < -0.39 is 0 Å². The molecule has 0 saturated carbocycles. The Morgan fingerprint density at radius 2 is 2.31 bits per heavy atom. The number of nitriles is 1. The van der Waals surface area contributed by atoms with Crippen molar-refractivity contribution in [1.82, 2.24) is 0 Å². The van der Waals surface area contributed by atoms with Crippen LogP contribution in [-0.4, -0.2) is 24.8 Å². The van der Waals surface area contributed by atoms with Gasteiger partial charge in [0.05, 0.1) is 17.9 Å². The highest BCUT2D eigenvalue weighted by Gasteiger charge is 2.10. The number of nitrogens with zero attached hydrogens (tertiary/aromatic N) is 2. The first-order chi connectivity index (χ1) is 7.72. The van der Waals surface area contributed by atoms with Crippen molar-refractivity contribution in [2.24, 2.45) is 0 Å². The molecule has 0 aliphatic heterocycles. The number of rotatable bonds is 5. The number of hydrogen-bond acceptors (Lipinski definition) is 3. The lowest BCUT2D eigenvalue weighted by Gasteiger charge is -2.23. The molecule has 0 aliphatic carbocycles. The molecule has 0 heterocycles. The molecule has 0 aliphatic rings. The first kappa shape index (κ1) is 12.8. The van der Waals surface area contributed by atoms with Crippen molar-refractivity contribution in [2.45, 2.75) is 0 Å². The molecule has 0 aromatic heterocycles. The monoisotopic (exact) mass is 280 g/mol. The third-order valence-electron chi connectivity index (χ3n) is 2.14. The van der Waals surface area contributed by atoms with Crippen LogP contribution in [0.4, 0.5) is 5.69 Å². The molecule has 16 heavy (non-hydrogen) atoms. The van der Waals surface area contributed by atoms with Gasteiger partial charge in [0, 0.05) is 17.6 Å². The van der Waals surface area contributed by atoms with Gasteiger partial charge in [-0.1, -0.05) is 22.0 Å². The average Bonchev–Trinajstić information content (AvgIpc) is 2.29. The highest BCUT2D eigenvalue weighted by Crippen LogP contribution is 2.24. The highest BCUT2D eigenvalue weighted by atomic mass is 79.9. The van der Waals surface area contributed by atoms with Crippen LogP contribution in [-0.2, 0) is 0 Å². The van der Waals surface area contributed by atoms with E-state index in [1.165, 1.54) is 0 Å². The molecular weight excluding hydrogens is 268 g/mol. The first-order valence-corrected chi connectivity index (χ1v) is 5.68. The van der Waals surface area contributed by atoms with Crippen LogP contribution < -0.4 is 4.90 Å². The largest absolute Gasteiger partial charge is 0.395 e. The molecular formula is C12H13BrN2O. The van der Waals surface area contributed by atoms with Gasteiger partial charge in [-0.2, -0.15) is 5.26 Å². The lowest BCUT2D eigenvalue weighted by Crippen LogP contribution is -2.27. The maximum absolute atomic E-state index is 9.01. The molecule has 0 atom stereocenters. The van der Waals surface area contributed by atoms with Gasteiger partial charge in [-0.3, -0.25) is 0 Å². The smallest absolute Gasteiger partial charge is 0.101 e. The average molecular weight is 281 g/mol. The second-order valence-electron chi connectivity index (χ2n) is 3.23. The lowest BCUT2D eigenvalue weighted by molar-refractivity contribution is 0.303. The minimum Gasteiger partial charge on any atom is -0.395 e. The van der Waals surface area contributed by atoms with E-state index in [0.29, 0.717) is 18.7 Å². The second-order valence-corrected chi connectivity index (χ2v) is 4.15. The summed E-state index contributed by atoms with van der Waals surface area (Å²) in [5.41, 5.74) is 1.41. The molecule has 0 radical (unpaired) electrons. The maximum Gasteiger partial charge on any atom is 0.101 e. The van der Waals surface area contributed by atoms with E-state index in [9.17, 15) is 0 Å². The summed E-state index contributed by atoms with van der Waals surface area (Å²) < 4.78 is 0.911. The first-order valence-electron chi connectivity index (χ1n) is 4.89. The van der Waals surface area contributed by atoms with Crippen molar-refractivity contribution in [2.75, 3.05) is 24.6 Å². The fourth-order valence-electron chi connectivity index (χ4n) is 1.45. The van der Waals surface area contributed by atoms with E-state index in [1.807, 2.05) is 17.0 Å². The van der Waals surface area contributed by atoms with Crippen LogP contribution in [0.1, 0.15) is 5.56 Å². The van der Waals surface area contributed by atoms with E-state index in [1.54, 1.807) is 12.1 Å². The third-order valence-corrected chi connectivity index (χ3v) is 2.63. The van der Waals surface area contributed by atoms with Crippen LogP contribution in [0.3, 0.4) is 0 Å². The van der Waals surface area contributed by atoms with Gasteiger partial charge in [-0.05, 0) is 18.2 Å². The van der Waals surface area contributed by atoms with Crippen LogP contribution in [0.5, 0.6) is 0 Å². The van der Waals surface area contributed by atoms with Crippen LogP contribution in [0.2, 0.25) is 0 Å². The van der Waals surface area contributed by atoms with E-state index in [-0.39, 0.29) is 6.61 Å². The van der Waals surface area contributed by atoms with Crippen LogP contribution in [0.25, 0.3) is 0 Å². The zero-order valence-corrected chi connectivity index (χ0v) is 10.4. The van der Waals surface area contributed by atoms with Gasteiger partial charge in [0.1, 0.15) is 6.07 Å². The highest BCUT2D eigenvalue weighted by molar-refractivity contribution is 9.10. The number of aliphatic hydroxyl groups is 1. The summed E-state index contributed by atoms with van der Waals surface area (Å²) in [4.78, 5) is 1.91. The van der Waals surface area contributed by atoms with Gasteiger partial charge in [0.2, 0.25) is 0 Å². The van der Waals surface area contributed by atoms with E-state index in [4.69, 9.17) is 10.4 Å². The Balaban J connectivity index is 3.10. The standard InChI is InChI=1S/C12H13BrN2O/c1-2-5-15(6-7-16)12-8-11(13)4-3-10(12)9-14/h2-4,8,16H,1,5-7H2. The van der Waals surface area contributed by atoms with Crippen molar-refractivity contribution in [3.63, 3.8) is 0 Å². The van der Waals surface area contributed by atoms with Gasteiger partial charge in [0.15, 0.2) is 0 Å². The van der Waals surface area contributed by atoms with Crippen molar-refractivity contribution >= 4 is 21.6 Å². The van der Waals surface area contributed by atoms with Gasteiger partial charge < -0.3 is 10.0 Å². The number of hydrogen-bond donors (Lipinski definition) is 1. The Labute approximate surface area is 104 Å². The summed E-state index contributed by atoms with van der Waals surface area (Å²) in [5.74, 6) is 0. The van der Waals surface area contributed by atoms with Crippen molar-refractivity contribution in [3.05, 3.63) is 40.9 Å². The maximum atomic E-state index is 9.01. The molecule has 4 heteroatoms. The normalized spacial score (nSPS) is 9.56. The predicted octanol–water partition coefficient (Wildman–Crippen LogP) is 2.31. The Morgan fingerprint density at radius 1 is 1.56 bits per heavy atom. The Kier molecular flexibility index (Phi) is 5.03. The Bertz CT molecular complexity index is 412. The fraction of sp³-hybridized carbons (Fsp3) is 0.250. The van der Waals surface area contributed by atoms with Crippen LogP contribution in [0.15, 0.2) is 35.3 Å².